The summed E-state index contributed by atoms with van der Waals surface area (Å²) in [6, 6.07) is 1.77. The molecule has 3 heterocycles. The molecular weight excluding hydrogens is 310 g/mol. The minimum Gasteiger partial charge on any atom is -0.469 e. The number of rotatable bonds is 5. The topological polar surface area (TPSA) is 49.6 Å². The number of thiazole rings is 1. The van der Waals surface area contributed by atoms with E-state index in [0.717, 1.165) is 38.3 Å². The highest BCUT2D eigenvalue weighted by Crippen LogP contribution is 2.22. The van der Waals surface area contributed by atoms with Gasteiger partial charge in [-0.3, -0.25) is 4.79 Å². The van der Waals surface area contributed by atoms with Gasteiger partial charge in [0.1, 0.15) is 5.76 Å². The molecule has 0 aromatic carbocycles. The lowest BCUT2D eigenvalue weighted by Crippen LogP contribution is -2.31. The second kappa shape index (κ2) is 6.84. The Kier molecular flexibility index (Phi) is 4.82. The number of carbonyl (C=O) groups is 1. The predicted molar refractivity (Wildman–Crippen MR) is 90.6 cm³/mol. The molecule has 0 aliphatic carbocycles. The van der Waals surface area contributed by atoms with Gasteiger partial charge in [0.15, 0.2) is 0 Å². The summed E-state index contributed by atoms with van der Waals surface area (Å²) in [5.41, 5.74) is 3.72. The van der Waals surface area contributed by atoms with E-state index in [0.29, 0.717) is 17.2 Å². The summed E-state index contributed by atoms with van der Waals surface area (Å²) >= 11 is 1.71. The normalized spacial score (nSPS) is 18.1. The Hall–Kier alpha value is -1.66. The highest BCUT2D eigenvalue weighted by molar-refractivity contribution is 7.09. The molecule has 0 spiro atoms. The average Bonchev–Trinajstić information content (AvgIpc) is 3.22. The van der Waals surface area contributed by atoms with Crippen molar-refractivity contribution in [1.29, 1.82) is 0 Å². The minimum absolute atomic E-state index is 0.0969. The van der Waals surface area contributed by atoms with Crippen molar-refractivity contribution in [3.05, 3.63) is 39.7 Å². The molecule has 1 aliphatic heterocycles. The van der Waals surface area contributed by atoms with Gasteiger partial charge in [0.05, 0.1) is 23.0 Å². The van der Waals surface area contributed by atoms with Crippen molar-refractivity contribution in [2.24, 2.45) is 5.92 Å². The molecule has 1 aliphatic rings. The maximum atomic E-state index is 12.5. The third-order valence-electron chi connectivity index (χ3n) is 4.49. The van der Waals surface area contributed by atoms with E-state index in [1.165, 1.54) is 4.88 Å². The highest BCUT2D eigenvalue weighted by Gasteiger charge is 2.29. The van der Waals surface area contributed by atoms with Crippen LogP contribution >= 0.6 is 11.3 Å². The zero-order chi connectivity index (χ0) is 16.4. The van der Waals surface area contributed by atoms with Crippen molar-refractivity contribution in [3.8, 4) is 0 Å². The molecule has 0 radical (unpaired) electrons. The van der Waals surface area contributed by atoms with Gasteiger partial charge in [0, 0.05) is 31.1 Å². The van der Waals surface area contributed by atoms with Crippen LogP contribution in [0.1, 0.15) is 33.1 Å². The summed E-state index contributed by atoms with van der Waals surface area (Å²) in [6.45, 7) is 7.50. The number of aryl methyl sites for hydroxylation is 2. The molecule has 0 unspecified atom stereocenters. The number of amides is 1. The van der Waals surface area contributed by atoms with Gasteiger partial charge >= 0.3 is 0 Å². The van der Waals surface area contributed by atoms with Gasteiger partial charge in [0.2, 0.25) is 0 Å². The Morgan fingerprint density at radius 2 is 2.35 bits per heavy atom. The van der Waals surface area contributed by atoms with Crippen LogP contribution in [-0.4, -0.2) is 47.4 Å². The van der Waals surface area contributed by atoms with E-state index in [4.69, 9.17) is 4.42 Å². The number of hydrogen-bond donors (Lipinski definition) is 0. The summed E-state index contributed by atoms with van der Waals surface area (Å²) in [6.07, 6.45) is 2.65. The maximum absolute atomic E-state index is 12.5. The van der Waals surface area contributed by atoms with Crippen LogP contribution in [0.3, 0.4) is 0 Å². The summed E-state index contributed by atoms with van der Waals surface area (Å²) in [7, 11) is 2.14. The largest absolute Gasteiger partial charge is 0.469 e. The van der Waals surface area contributed by atoms with Gasteiger partial charge in [-0.05, 0) is 39.3 Å². The van der Waals surface area contributed by atoms with Gasteiger partial charge in [-0.2, -0.15) is 0 Å². The van der Waals surface area contributed by atoms with E-state index in [2.05, 4.69) is 23.9 Å². The smallest absolute Gasteiger partial charge is 0.257 e. The van der Waals surface area contributed by atoms with Crippen molar-refractivity contribution in [2.75, 3.05) is 26.7 Å². The third-order valence-corrected chi connectivity index (χ3v) is 5.41. The van der Waals surface area contributed by atoms with Crippen LogP contribution in [0.25, 0.3) is 0 Å². The van der Waals surface area contributed by atoms with Crippen LogP contribution in [0.15, 0.2) is 22.3 Å². The van der Waals surface area contributed by atoms with Gasteiger partial charge in [-0.15, -0.1) is 11.3 Å². The zero-order valence-electron chi connectivity index (χ0n) is 13.9. The van der Waals surface area contributed by atoms with Crippen LogP contribution in [0, 0.1) is 19.8 Å². The van der Waals surface area contributed by atoms with E-state index in [1.54, 1.807) is 23.7 Å². The lowest BCUT2D eigenvalue weighted by Gasteiger charge is -2.21. The Labute approximate surface area is 140 Å². The Bertz CT molecular complexity index is 679. The number of likely N-dealkylation sites (tertiary alicyclic amines) is 1. The Morgan fingerprint density at radius 1 is 1.52 bits per heavy atom. The van der Waals surface area contributed by atoms with Crippen molar-refractivity contribution >= 4 is 17.2 Å². The molecular formula is C17H23N3O2S. The summed E-state index contributed by atoms with van der Waals surface area (Å²) in [4.78, 5) is 22.4. The molecule has 0 bridgehead atoms. The molecule has 23 heavy (non-hydrogen) atoms. The first-order valence-corrected chi connectivity index (χ1v) is 8.83. The Morgan fingerprint density at radius 3 is 3.00 bits per heavy atom. The third kappa shape index (κ3) is 3.64. The van der Waals surface area contributed by atoms with Crippen LogP contribution in [0.4, 0.5) is 0 Å². The molecule has 124 valence electrons. The average molecular weight is 333 g/mol. The number of carbonyl (C=O) groups excluding carboxylic acids is 1. The fourth-order valence-electron chi connectivity index (χ4n) is 3.17. The van der Waals surface area contributed by atoms with Crippen molar-refractivity contribution < 1.29 is 9.21 Å². The second-order valence-electron chi connectivity index (χ2n) is 6.35. The SMILES string of the molecule is Cc1ncsc1CN(C)C[C@H]1CCN(C(=O)c2ccoc2C)C1. The van der Waals surface area contributed by atoms with Crippen molar-refractivity contribution in [3.63, 3.8) is 0 Å². The van der Waals surface area contributed by atoms with E-state index < -0.39 is 0 Å². The first kappa shape index (κ1) is 16.2. The molecule has 1 saturated heterocycles. The zero-order valence-corrected chi connectivity index (χ0v) is 14.7. The lowest BCUT2D eigenvalue weighted by atomic mass is 10.1. The van der Waals surface area contributed by atoms with Crippen molar-refractivity contribution in [1.82, 2.24) is 14.8 Å². The minimum atomic E-state index is 0.0969. The lowest BCUT2D eigenvalue weighted by molar-refractivity contribution is 0.0782. The molecule has 1 atom stereocenters. The number of nitrogens with zero attached hydrogens (tertiary/aromatic N) is 3. The maximum Gasteiger partial charge on any atom is 0.257 e. The molecule has 1 amide bonds. The second-order valence-corrected chi connectivity index (χ2v) is 7.29. The molecule has 0 saturated carbocycles. The number of furan rings is 1. The predicted octanol–water partition coefficient (Wildman–Crippen LogP) is 2.95. The molecule has 2 aromatic heterocycles. The van der Waals surface area contributed by atoms with Crippen LogP contribution in [0.5, 0.6) is 0 Å². The van der Waals surface area contributed by atoms with E-state index in [9.17, 15) is 4.79 Å². The molecule has 0 N–H and O–H groups in total. The standard InChI is InChI=1S/C17H23N3O2S/c1-12-16(23-11-18-12)10-19(3)8-14-4-6-20(9-14)17(21)15-5-7-22-13(15)2/h5,7,11,14H,4,6,8-10H2,1-3H3/t14-/m1/s1. The quantitative estimate of drug-likeness (QED) is 0.844. The fraction of sp³-hybridized carbons (Fsp3) is 0.529. The van der Waals surface area contributed by atoms with Gasteiger partial charge < -0.3 is 14.2 Å². The molecule has 3 rings (SSSR count). The Balaban J connectivity index is 1.53. The number of hydrogen-bond acceptors (Lipinski definition) is 5. The molecule has 2 aromatic rings. The van der Waals surface area contributed by atoms with Crippen molar-refractivity contribution in [2.45, 2.75) is 26.8 Å². The number of aromatic nitrogens is 1. The molecule has 1 fully saturated rings. The van der Waals surface area contributed by atoms with Gasteiger partial charge in [0.25, 0.3) is 5.91 Å². The first-order valence-electron chi connectivity index (χ1n) is 7.95. The summed E-state index contributed by atoms with van der Waals surface area (Å²) in [5.74, 6) is 1.33. The molecule has 5 nitrogen and oxygen atoms in total. The van der Waals surface area contributed by atoms with E-state index >= 15 is 0 Å². The van der Waals surface area contributed by atoms with Gasteiger partial charge in [-0.25, -0.2) is 4.98 Å². The first-order chi connectivity index (χ1) is 11.0. The molecule has 6 heteroatoms. The van der Waals surface area contributed by atoms with E-state index in [1.807, 2.05) is 17.3 Å². The van der Waals surface area contributed by atoms with Crippen LogP contribution < -0.4 is 0 Å². The summed E-state index contributed by atoms with van der Waals surface area (Å²) in [5, 5.41) is 0. The summed E-state index contributed by atoms with van der Waals surface area (Å²) < 4.78 is 5.25. The highest BCUT2D eigenvalue weighted by atomic mass is 32.1. The van der Waals surface area contributed by atoms with Crippen LogP contribution in [0.2, 0.25) is 0 Å². The van der Waals surface area contributed by atoms with E-state index in [-0.39, 0.29) is 5.91 Å². The fourth-order valence-corrected chi connectivity index (χ4v) is 4.03. The monoisotopic (exact) mass is 333 g/mol. The van der Waals surface area contributed by atoms with Gasteiger partial charge in [-0.1, -0.05) is 0 Å². The van der Waals surface area contributed by atoms with Crippen LogP contribution in [-0.2, 0) is 6.54 Å².